The van der Waals surface area contributed by atoms with Gasteiger partial charge in [0.25, 0.3) is 5.91 Å². The molecule has 33 heavy (non-hydrogen) atoms. The van der Waals surface area contributed by atoms with E-state index in [0.29, 0.717) is 31.7 Å². The minimum absolute atomic E-state index is 0.00476. The van der Waals surface area contributed by atoms with Crippen LogP contribution in [-0.2, 0) is 11.2 Å². The maximum absolute atomic E-state index is 13.2. The summed E-state index contributed by atoms with van der Waals surface area (Å²) >= 11 is 0. The van der Waals surface area contributed by atoms with Crippen LogP contribution in [0.25, 0.3) is 0 Å². The Morgan fingerprint density at radius 2 is 1.94 bits per heavy atom. The van der Waals surface area contributed by atoms with Crippen LogP contribution < -0.4 is 4.74 Å². The van der Waals surface area contributed by atoms with Crippen molar-refractivity contribution >= 4 is 5.91 Å². The summed E-state index contributed by atoms with van der Waals surface area (Å²) < 4.78 is 25.4. The fourth-order valence-electron chi connectivity index (χ4n) is 4.78. The second kappa shape index (κ2) is 9.32. The third kappa shape index (κ3) is 5.06. The average molecular weight is 447 g/mol. The van der Waals surface area contributed by atoms with Crippen molar-refractivity contribution in [1.29, 1.82) is 0 Å². The molecule has 170 valence electrons. The molecular formula is C27H27FN2O3. The second-order valence-electron chi connectivity index (χ2n) is 8.92. The summed E-state index contributed by atoms with van der Waals surface area (Å²) in [5, 5.41) is 0. The molecule has 3 aromatic rings. The Balaban J connectivity index is 1.20. The van der Waals surface area contributed by atoms with Gasteiger partial charge in [-0.1, -0.05) is 30.3 Å². The third-order valence-electron chi connectivity index (χ3n) is 6.42. The number of amides is 1. The molecule has 1 amide bonds. The second-order valence-corrected chi connectivity index (χ2v) is 8.92. The lowest BCUT2D eigenvalue weighted by atomic mass is 9.89. The quantitative estimate of drug-likeness (QED) is 0.572. The van der Waals surface area contributed by atoms with Crippen molar-refractivity contribution in [3.05, 3.63) is 95.6 Å². The molecule has 2 aliphatic rings. The van der Waals surface area contributed by atoms with Crippen LogP contribution in [0.5, 0.6) is 5.75 Å². The summed E-state index contributed by atoms with van der Waals surface area (Å²) in [6.07, 6.45) is 4.84. The first-order chi connectivity index (χ1) is 16.1. The summed E-state index contributed by atoms with van der Waals surface area (Å²) in [4.78, 5) is 19.5. The number of hydrogen-bond donors (Lipinski definition) is 0. The predicted octanol–water partition coefficient (Wildman–Crippen LogP) is 4.65. The van der Waals surface area contributed by atoms with Crippen LogP contribution >= 0.6 is 0 Å². The lowest BCUT2D eigenvalue weighted by Crippen LogP contribution is -2.50. The van der Waals surface area contributed by atoms with E-state index in [2.05, 4.69) is 4.98 Å². The number of pyridine rings is 1. The molecule has 1 spiro atoms. The highest BCUT2D eigenvalue weighted by molar-refractivity contribution is 5.94. The standard InChI is InChI=1S/C27H27FN2O3/c28-22-10-7-20(8-11-22)15-23-12-9-21(17-29-23)26(31)30-14-4-13-27(19-30)16-25(18-32-27)33-24-5-2-1-3-6-24/h1-3,5-12,17,25H,4,13-16,18-19H2/t25-,27-/m1/s1. The maximum Gasteiger partial charge on any atom is 0.255 e. The predicted molar refractivity (Wildman–Crippen MR) is 123 cm³/mol. The fraction of sp³-hybridized carbons (Fsp3) is 0.333. The van der Waals surface area contributed by atoms with Crippen LogP contribution in [0.15, 0.2) is 72.9 Å². The number of rotatable bonds is 5. The first-order valence-electron chi connectivity index (χ1n) is 11.4. The van der Waals surface area contributed by atoms with E-state index < -0.39 is 0 Å². The largest absolute Gasteiger partial charge is 0.488 e. The van der Waals surface area contributed by atoms with E-state index in [-0.39, 0.29) is 23.4 Å². The molecule has 2 aromatic carbocycles. The van der Waals surface area contributed by atoms with Crippen molar-refractivity contribution in [3.8, 4) is 5.75 Å². The minimum atomic E-state index is -0.344. The van der Waals surface area contributed by atoms with E-state index in [9.17, 15) is 9.18 Å². The van der Waals surface area contributed by atoms with Gasteiger partial charge in [-0.15, -0.1) is 0 Å². The highest BCUT2D eigenvalue weighted by Gasteiger charge is 2.45. The Morgan fingerprint density at radius 3 is 2.70 bits per heavy atom. The Labute approximate surface area is 193 Å². The van der Waals surface area contributed by atoms with Crippen LogP contribution in [0.1, 0.15) is 40.9 Å². The van der Waals surface area contributed by atoms with Gasteiger partial charge < -0.3 is 14.4 Å². The molecule has 0 aliphatic carbocycles. The number of ether oxygens (including phenoxy) is 2. The van der Waals surface area contributed by atoms with Gasteiger partial charge in [-0.2, -0.15) is 0 Å². The first kappa shape index (κ1) is 21.6. The number of halogens is 1. The van der Waals surface area contributed by atoms with E-state index in [1.807, 2.05) is 47.4 Å². The monoisotopic (exact) mass is 446 g/mol. The van der Waals surface area contributed by atoms with Gasteiger partial charge in [0.05, 0.1) is 24.3 Å². The van der Waals surface area contributed by atoms with Gasteiger partial charge in [0.1, 0.15) is 17.7 Å². The minimum Gasteiger partial charge on any atom is -0.488 e. The molecular weight excluding hydrogens is 419 g/mol. The van der Waals surface area contributed by atoms with Gasteiger partial charge in [-0.05, 0) is 54.8 Å². The molecule has 0 N–H and O–H groups in total. The molecule has 6 heteroatoms. The molecule has 1 aromatic heterocycles. The number of benzene rings is 2. The summed E-state index contributed by atoms with van der Waals surface area (Å²) in [7, 11) is 0. The third-order valence-corrected chi connectivity index (χ3v) is 6.42. The number of carbonyl (C=O) groups is 1. The number of carbonyl (C=O) groups excluding carboxylic acids is 1. The molecule has 2 aliphatic heterocycles. The smallest absolute Gasteiger partial charge is 0.255 e. The molecule has 0 unspecified atom stereocenters. The normalized spacial score (nSPS) is 22.5. The van der Waals surface area contributed by atoms with Crippen molar-refractivity contribution in [1.82, 2.24) is 9.88 Å². The van der Waals surface area contributed by atoms with Crippen LogP contribution in [-0.4, -0.2) is 47.2 Å². The fourth-order valence-corrected chi connectivity index (χ4v) is 4.78. The van der Waals surface area contributed by atoms with Crippen LogP contribution in [0.2, 0.25) is 0 Å². The van der Waals surface area contributed by atoms with Gasteiger partial charge in [0.15, 0.2) is 0 Å². The Kier molecular flexibility index (Phi) is 6.09. The Bertz CT molecular complexity index is 1090. The molecule has 0 radical (unpaired) electrons. The topological polar surface area (TPSA) is 51.7 Å². The van der Waals surface area contributed by atoms with Gasteiger partial charge in [0.2, 0.25) is 0 Å². The number of piperidine rings is 1. The number of likely N-dealkylation sites (tertiary alicyclic amines) is 1. The van der Waals surface area contributed by atoms with Gasteiger partial charge >= 0.3 is 0 Å². The molecule has 0 saturated carbocycles. The molecule has 5 nitrogen and oxygen atoms in total. The van der Waals surface area contributed by atoms with E-state index in [1.165, 1.54) is 12.1 Å². The van der Waals surface area contributed by atoms with Crippen molar-refractivity contribution in [2.45, 2.75) is 37.4 Å². The lowest BCUT2D eigenvalue weighted by Gasteiger charge is -2.39. The van der Waals surface area contributed by atoms with E-state index in [4.69, 9.17) is 9.47 Å². The van der Waals surface area contributed by atoms with Crippen molar-refractivity contribution in [3.63, 3.8) is 0 Å². The molecule has 2 fully saturated rings. The molecule has 0 bridgehead atoms. The summed E-state index contributed by atoms with van der Waals surface area (Å²) in [5.41, 5.74) is 2.05. The SMILES string of the molecule is O=C(c1ccc(Cc2ccc(F)cc2)nc1)N1CCC[C@@]2(C[C@@H](Oc3ccccc3)CO2)C1. The maximum atomic E-state index is 13.2. The van der Waals surface area contributed by atoms with Gasteiger partial charge in [-0.25, -0.2) is 4.39 Å². The first-order valence-corrected chi connectivity index (χ1v) is 11.4. The van der Waals surface area contributed by atoms with Crippen molar-refractivity contribution in [2.24, 2.45) is 0 Å². The average Bonchev–Trinajstić information content (AvgIpc) is 3.22. The van der Waals surface area contributed by atoms with Crippen molar-refractivity contribution in [2.75, 3.05) is 19.7 Å². The lowest BCUT2D eigenvalue weighted by molar-refractivity contribution is -0.0453. The number of hydrogen-bond acceptors (Lipinski definition) is 4. The summed E-state index contributed by atoms with van der Waals surface area (Å²) in [6, 6.07) is 19.9. The van der Waals surface area contributed by atoms with E-state index in [0.717, 1.165) is 36.3 Å². The molecule has 5 rings (SSSR count). The zero-order chi connectivity index (χ0) is 22.7. The van der Waals surface area contributed by atoms with Gasteiger partial charge in [-0.3, -0.25) is 9.78 Å². The number of aromatic nitrogens is 1. The zero-order valence-electron chi connectivity index (χ0n) is 18.5. The number of para-hydroxylation sites is 1. The Morgan fingerprint density at radius 1 is 1.12 bits per heavy atom. The summed E-state index contributed by atoms with van der Waals surface area (Å²) in [5.74, 6) is 0.570. The zero-order valence-corrected chi connectivity index (χ0v) is 18.5. The van der Waals surface area contributed by atoms with E-state index >= 15 is 0 Å². The van der Waals surface area contributed by atoms with Crippen LogP contribution in [0.3, 0.4) is 0 Å². The highest BCUT2D eigenvalue weighted by atomic mass is 19.1. The number of nitrogens with zero attached hydrogens (tertiary/aromatic N) is 2. The molecule has 2 atom stereocenters. The Hall–Kier alpha value is -3.25. The van der Waals surface area contributed by atoms with Gasteiger partial charge in [0, 0.05) is 31.3 Å². The van der Waals surface area contributed by atoms with E-state index in [1.54, 1.807) is 18.3 Å². The van der Waals surface area contributed by atoms with Crippen LogP contribution in [0.4, 0.5) is 4.39 Å². The molecule has 3 heterocycles. The van der Waals surface area contributed by atoms with Crippen LogP contribution in [0, 0.1) is 5.82 Å². The summed E-state index contributed by atoms with van der Waals surface area (Å²) in [6.45, 7) is 1.82. The molecule has 2 saturated heterocycles. The van der Waals surface area contributed by atoms with Crippen molar-refractivity contribution < 1.29 is 18.7 Å². The highest BCUT2D eigenvalue weighted by Crippen LogP contribution is 2.36.